The van der Waals surface area contributed by atoms with Crippen molar-refractivity contribution in [2.75, 3.05) is 26.2 Å². The second kappa shape index (κ2) is 5.92. The Morgan fingerprint density at radius 3 is 2.85 bits per heavy atom. The van der Waals surface area contributed by atoms with Crippen LogP contribution in [-0.4, -0.2) is 37.0 Å². The Morgan fingerprint density at radius 2 is 2.20 bits per heavy atom. The monoisotopic (exact) mass is 314 g/mol. The highest BCUT2D eigenvalue weighted by Gasteiger charge is 2.41. The zero-order chi connectivity index (χ0) is 13.5. The molecule has 1 atom stereocenters. The summed E-state index contributed by atoms with van der Waals surface area (Å²) in [6.07, 6.45) is 2.31. The van der Waals surface area contributed by atoms with Gasteiger partial charge in [-0.15, -0.1) is 12.4 Å². The highest BCUT2D eigenvalue weighted by atomic mass is 35.5. The quantitative estimate of drug-likeness (QED) is 0.864. The third-order valence-corrected chi connectivity index (χ3v) is 4.89. The number of halogens is 2. The van der Waals surface area contributed by atoms with E-state index >= 15 is 0 Å². The molecule has 0 aliphatic carbocycles. The molecule has 1 aromatic rings. The van der Waals surface area contributed by atoms with Crippen molar-refractivity contribution in [3.05, 3.63) is 34.3 Å². The van der Waals surface area contributed by atoms with E-state index in [1.807, 2.05) is 30.0 Å². The number of rotatable bonds is 1. The first-order chi connectivity index (χ1) is 9.10. The van der Waals surface area contributed by atoms with E-state index in [0.29, 0.717) is 5.41 Å². The summed E-state index contributed by atoms with van der Waals surface area (Å²) < 4.78 is 0. The van der Waals surface area contributed by atoms with Crippen LogP contribution in [0.5, 0.6) is 0 Å². The largest absolute Gasteiger partial charge is 0.338 e. The number of hydrogen-bond donors (Lipinski definition) is 1. The van der Waals surface area contributed by atoms with Crippen LogP contribution in [0, 0.1) is 12.3 Å². The molecular weight excluding hydrogens is 295 g/mol. The first-order valence-electron chi connectivity index (χ1n) is 6.86. The lowest BCUT2D eigenvalue weighted by atomic mass is 9.86. The van der Waals surface area contributed by atoms with Gasteiger partial charge in [-0.1, -0.05) is 11.6 Å². The Bertz CT molecular complexity index is 513. The summed E-state index contributed by atoms with van der Waals surface area (Å²) in [5, 5.41) is 4.13. The van der Waals surface area contributed by atoms with Gasteiger partial charge in [-0.2, -0.15) is 0 Å². The lowest BCUT2D eigenvalue weighted by Crippen LogP contribution is -2.33. The minimum atomic E-state index is 0. The van der Waals surface area contributed by atoms with Crippen molar-refractivity contribution in [2.24, 2.45) is 5.41 Å². The normalized spacial score (nSPS) is 25.0. The van der Waals surface area contributed by atoms with E-state index in [9.17, 15) is 4.79 Å². The third-order valence-electron chi connectivity index (χ3n) is 4.46. The molecule has 1 aromatic carbocycles. The molecule has 2 fully saturated rings. The minimum absolute atomic E-state index is 0. The molecule has 1 unspecified atom stereocenters. The smallest absolute Gasteiger partial charge is 0.253 e. The standard InChI is InChI=1S/C15H19ClN2O.ClH/c1-11-8-12(2-3-13(11)16)14(19)18-7-5-15(10-18)4-6-17-9-15;/h2-3,8,17H,4-7,9-10H2,1H3;1H. The molecule has 1 amide bonds. The molecular formula is C15H20Cl2N2O. The van der Waals surface area contributed by atoms with Gasteiger partial charge in [-0.25, -0.2) is 0 Å². The number of nitrogens with one attached hydrogen (secondary N) is 1. The van der Waals surface area contributed by atoms with Crippen molar-refractivity contribution in [3.8, 4) is 0 Å². The molecule has 0 saturated carbocycles. The summed E-state index contributed by atoms with van der Waals surface area (Å²) in [5.74, 6) is 0.142. The molecule has 0 aromatic heterocycles. The number of amides is 1. The molecule has 110 valence electrons. The first-order valence-corrected chi connectivity index (χ1v) is 7.24. The number of aryl methyl sites for hydroxylation is 1. The summed E-state index contributed by atoms with van der Waals surface area (Å²) in [6.45, 7) is 5.84. The van der Waals surface area contributed by atoms with Gasteiger partial charge in [0.25, 0.3) is 5.91 Å². The van der Waals surface area contributed by atoms with Gasteiger partial charge >= 0.3 is 0 Å². The lowest BCUT2D eigenvalue weighted by Gasteiger charge is -2.23. The SMILES string of the molecule is Cc1cc(C(=O)N2CCC3(CCNC3)C2)ccc1Cl.Cl. The predicted octanol–water partition coefficient (Wildman–Crippen LogP) is 2.90. The van der Waals surface area contributed by atoms with Crippen LogP contribution in [0.2, 0.25) is 5.02 Å². The molecule has 3 nitrogen and oxygen atoms in total. The summed E-state index contributed by atoms with van der Waals surface area (Å²) in [7, 11) is 0. The molecule has 0 bridgehead atoms. The summed E-state index contributed by atoms with van der Waals surface area (Å²) >= 11 is 6.01. The van der Waals surface area contributed by atoms with Crippen molar-refractivity contribution in [1.29, 1.82) is 0 Å². The predicted molar refractivity (Wildman–Crippen MR) is 83.9 cm³/mol. The molecule has 2 aliphatic heterocycles. The van der Waals surface area contributed by atoms with E-state index in [4.69, 9.17) is 11.6 Å². The van der Waals surface area contributed by atoms with Gasteiger partial charge in [-0.05, 0) is 50.1 Å². The highest BCUT2D eigenvalue weighted by Crippen LogP contribution is 2.36. The van der Waals surface area contributed by atoms with E-state index in [1.165, 1.54) is 6.42 Å². The fraction of sp³-hybridized carbons (Fsp3) is 0.533. The number of carbonyl (C=O) groups is 1. The minimum Gasteiger partial charge on any atom is -0.338 e. The van der Waals surface area contributed by atoms with E-state index < -0.39 is 0 Å². The fourth-order valence-corrected chi connectivity index (χ4v) is 3.33. The molecule has 2 saturated heterocycles. The van der Waals surface area contributed by atoms with E-state index in [-0.39, 0.29) is 18.3 Å². The first kappa shape index (κ1) is 15.6. The molecule has 5 heteroatoms. The van der Waals surface area contributed by atoms with Crippen molar-refractivity contribution in [1.82, 2.24) is 10.2 Å². The maximum Gasteiger partial charge on any atom is 0.253 e. The van der Waals surface area contributed by atoms with Crippen molar-refractivity contribution >= 4 is 29.9 Å². The van der Waals surface area contributed by atoms with Crippen molar-refractivity contribution in [3.63, 3.8) is 0 Å². The van der Waals surface area contributed by atoms with Crippen LogP contribution < -0.4 is 5.32 Å². The number of benzene rings is 1. The topological polar surface area (TPSA) is 32.3 Å². The van der Waals surface area contributed by atoms with Gasteiger partial charge in [-0.3, -0.25) is 4.79 Å². The second-order valence-corrected chi connectivity index (χ2v) is 6.27. The summed E-state index contributed by atoms with van der Waals surface area (Å²) in [4.78, 5) is 14.5. The maximum absolute atomic E-state index is 12.5. The van der Waals surface area contributed by atoms with Gasteiger partial charge in [0.1, 0.15) is 0 Å². The second-order valence-electron chi connectivity index (χ2n) is 5.87. The van der Waals surface area contributed by atoms with Crippen molar-refractivity contribution < 1.29 is 4.79 Å². The Labute approximate surface area is 131 Å². The molecule has 0 radical (unpaired) electrons. The average molecular weight is 315 g/mol. The van der Waals surface area contributed by atoms with Crippen LogP contribution in [0.4, 0.5) is 0 Å². The van der Waals surface area contributed by atoms with Gasteiger partial charge in [0.05, 0.1) is 0 Å². The Morgan fingerprint density at radius 1 is 1.40 bits per heavy atom. The zero-order valence-electron chi connectivity index (χ0n) is 11.6. The van der Waals surface area contributed by atoms with Gasteiger partial charge in [0.15, 0.2) is 0 Å². The van der Waals surface area contributed by atoms with Gasteiger partial charge < -0.3 is 10.2 Å². The van der Waals surface area contributed by atoms with Crippen LogP contribution in [0.25, 0.3) is 0 Å². The number of carbonyl (C=O) groups excluding carboxylic acids is 1. The molecule has 3 rings (SSSR count). The van der Waals surface area contributed by atoms with Crippen LogP contribution in [0.1, 0.15) is 28.8 Å². The summed E-state index contributed by atoms with van der Waals surface area (Å²) in [6, 6.07) is 5.53. The molecule has 1 N–H and O–H groups in total. The zero-order valence-corrected chi connectivity index (χ0v) is 13.2. The van der Waals surface area contributed by atoms with Gasteiger partial charge in [0, 0.05) is 35.6 Å². The average Bonchev–Trinajstić information content (AvgIpc) is 3.03. The maximum atomic E-state index is 12.5. The third kappa shape index (κ3) is 2.80. The number of nitrogens with zero attached hydrogens (tertiary/aromatic N) is 1. The Kier molecular flexibility index (Phi) is 4.62. The number of hydrogen-bond acceptors (Lipinski definition) is 2. The molecule has 1 spiro atoms. The Balaban J connectivity index is 0.00000147. The van der Waals surface area contributed by atoms with E-state index in [2.05, 4.69) is 5.32 Å². The van der Waals surface area contributed by atoms with Crippen molar-refractivity contribution in [2.45, 2.75) is 19.8 Å². The van der Waals surface area contributed by atoms with E-state index in [1.54, 1.807) is 0 Å². The van der Waals surface area contributed by atoms with Crippen LogP contribution in [-0.2, 0) is 0 Å². The fourth-order valence-electron chi connectivity index (χ4n) is 3.21. The molecule has 2 aliphatic rings. The van der Waals surface area contributed by atoms with Crippen LogP contribution >= 0.6 is 24.0 Å². The number of likely N-dealkylation sites (tertiary alicyclic amines) is 1. The molecule has 2 heterocycles. The Hall–Kier alpha value is -0.770. The highest BCUT2D eigenvalue weighted by molar-refractivity contribution is 6.31. The van der Waals surface area contributed by atoms with Crippen LogP contribution in [0.15, 0.2) is 18.2 Å². The van der Waals surface area contributed by atoms with Crippen LogP contribution in [0.3, 0.4) is 0 Å². The molecule has 20 heavy (non-hydrogen) atoms. The van der Waals surface area contributed by atoms with E-state index in [0.717, 1.165) is 48.7 Å². The van der Waals surface area contributed by atoms with Gasteiger partial charge in [0.2, 0.25) is 0 Å². The lowest BCUT2D eigenvalue weighted by molar-refractivity contribution is 0.0775. The summed E-state index contributed by atoms with van der Waals surface area (Å²) in [5.41, 5.74) is 2.05.